The molecule has 9 heteroatoms. The van der Waals surface area contributed by atoms with E-state index in [0.717, 1.165) is 38.5 Å². The molecule has 0 aromatic carbocycles. The van der Waals surface area contributed by atoms with Gasteiger partial charge in [0.15, 0.2) is 6.29 Å². The minimum absolute atomic E-state index is 0.177. The highest BCUT2D eigenvalue weighted by molar-refractivity contribution is 5.76. The van der Waals surface area contributed by atoms with E-state index < -0.39 is 49.5 Å². The molecular weight excluding hydrogens is 1040 g/mol. The van der Waals surface area contributed by atoms with E-state index in [9.17, 15) is 30.3 Å². The van der Waals surface area contributed by atoms with Gasteiger partial charge in [0.1, 0.15) is 24.4 Å². The third-order valence-corrected chi connectivity index (χ3v) is 18.3. The Balaban J connectivity index is 2.10. The first kappa shape index (κ1) is 80.7. The van der Waals surface area contributed by atoms with Crippen LogP contribution in [0, 0.1) is 0 Å². The van der Waals surface area contributed by atoms with Crippen molar-refractivity contribution < 1.29 is 39.8 Å². The van der Waals surface area contributed by atoms with Crippen molar-refractivity contribution in [3.05, 3.63) is 24.3 Å². The smallest absolute Gasteiger partial charge is 0.220 e. The van der Waals surface area contributed by atoms with Crippen molar-refractivity contribution in [2.45, 2.75) is 436 Å². The van der Waals surface area contributed by atoms with Crippen LogP contribution in [0.4, 0.5) is 0 Å². The molecule has 6 N–H and O–H groups in total. The SMILES string of the molecule is CCCCCCCCCCCCCCCCCCCCCCCCC/C=C/CC/C=C/C(O)C(COC1OC(CO)C(O)C(O)C1O)NC(=O)CCCCCCCCCCCCCCCCCCCCCCCCCCCCCCCCCC. The van der Waals surface area contributed by atoms with E-state index in [0.29, 0.717) is 6.42 Å². The number of aliphatic hydroxyl groups excluding tert-OH is 5. The van der Waals surface area contributed by atoms with Crippen LogP contribution in [0.2, 0.25) is 0 Å². The first-order valence-corrected chi connectivity index (χ1v) is 37.6. The quantitative estimate of drug-likeness (QED) is 0.0261. The second kappa shape index (κ2) is 64.6. The standard InChI is InChI=1S/C75H145NO8/c1-3-5-7-9-11-13-15-17-19-21-23-25-27-29-31-33-34-35-37-39-41-43-45-47-49-51-53-55-57-59-61-63-65-71(79)76-68(67-83-75-74(82)73(81)72(80)70(66-77)84-75)69(78)64-62-60-58-56-54-52-50-48-46-44-42-40-38-36-32-30-28-26-24-22-20-18-16-14-12-10-8-6-4-2/h54,56,62,64,68-70,72-75,77-78,80-82H,3-53,55,57-61,63,65-67H2,1-2H3,(H,76,79)/b56-54+,64-62+. The van der Waals surface area contributed by atoms with Crippen LogP contribution < -0.4 is 5.32 Å². The number of aliphatic hydroxyl groups is 5. The number of amides is 1. The van der Waals surface area contributed by atoms with E-state index >= 15 is 0 Å². The zero-order valence-corrected chi connectivity index (χ0v) is 55.9. The van der Waals surface area contributed by atoms with Gasteiger partial charge in [0.25, 0.3) is 0 Å². The molecule has 7 atom stereocenters. The lowest BCUT2D eigenvalue weighted by molar-refractivity contribution is -0.302. The van der Waals surface area contributed by atoms with Crippen molar-refractivity contribution in [1.82, 2.24) is 5.32 Å². The molecule has 1 heterocycles. The number of ether oxygens (including phenoxy) is 2. The van der Waals surface area contributed by atoms with E-state index in [1.54, 1.807) is 6.08 Å². The fraction of sp³-hybridized carbons (Fsp3) is 0.933. The summed E-state index contributed by atoms with van der Waals surface area (Å²) in [4.78, 5) is 13.1. The van der Waals surface area contributed by atoms with Gasteiger partial charge in [-0.1, -0.05) is 378 Å². The Morgan fingerprint density at radius 1 is 0.393 bits per heavy atom. The van der Waals surface area contributed by atoms with Gasteiger partial charge in [0, 0.05) is 6.42 Å². The van der Waals surface area contributed by atoms with Crippen LogP contribution in [0.5, 0.6) is 0 Å². The van der Waals surface area contributed by atoms with Crippen LogP contribution in [0.3, 0.4) is 0 Å². The lowest BCUT2D eigenvalue weighted by Gasteiger charge is -2.40. The number of hydrogen-bond acceptors (Lipinski definition) is 8. The number of hydrogen-bond donors (Lipinski definition) is 6. The van der Waals surface area contributed by atoms with Crippen LogP contribution in [-0.4, -0.2) is 87.5 Å². The highest BCUT2D eigenvalue weighted by Gasteiger charge is 2.44. The third-order valence-electron chi connectivity index (χ3n) is 18.3. The van der Waals surface area contributed by atoms with Crippen molar-refractivity contribution in [3.63, 3.8) is 0 Å². The van der Waals surface area contributed by atoms with E-state index in [2.05, 4.69) is 31.3 Å². The van der Waals surface area contributed by atoms with Crippen LogP contribution in [0.25, 0.3) is 0 Å². The average molecular weight is 1190 g/mol. The first-order chi connectivity index (χ1) is 41.3. The largest absolute Gasteiger partial charge is 0.394 e. The summed E-state index contributed by atoms with van der Waals surface area (Å²) in [7, 11) is 0. The number of carbonyl (C=O) groups is 1. The normalized spacial score (nSPS) is 18.2. The summed E-state index contributed by atoms with van der Waals surface area (Å²) >= 11 is 0. The fourth-order valence-corrected chi connectivity index (χ4v) is 12.4. The highest BCUT2D eigenvalue weighted by Crippen LogP contribution is 2.24. The van der Waals surface area contributed by atoms with Crippen molar-refractivity contribution in [3.8, 4) is 0 Å². The second-order valence-corrected chi connectivity index (χ2v) is 26.4. The summed E-state index contributed by atoms with van der Waals surface area (Å²) in [5, 5.41) is 54.8. The molecule has 498 valence electrons. The maximum Gasteiger partial charge on any atom is 0.220 e. The van der Waals surface area contributed by atoms with E-state index in [4.69, 9.17) is 9.47 Å². The Morgan fingerprint density at radius 2 is 0.679 bits per heavy atom. The molecule has 0 radical (unpaired) electrons. The molecule has 1 saturated heterocycles. The molecule has 0 aromatic rings. The van der Waals surface area contributed by atoms with Gasteiger partial charge in [0.2, 0.25) is 5.91 Å². The maximum atomic E-state index is 13.1. The fourth-order valence-electron chi connectivity index (χ4n) is 12.4. The molecule has 1 aliphatic heterocycles. The number of allylic oxidation sites excluding steroid dienone is 3. The molecule has 0 aromatic heterocycles. The van der Waals surface area contributed by atoms with Crippen LogP contribution in [0.15, 0.2) is 24.3 Å². The number of rotatable bonds is 67. The molecule has 0 bridgehead atoms. The second-order valence-electron chi connectivity index (χ2n) is 26.4. The molecule has 1 fully saturated rings. The topological polar surface area (TPSA) is 149 Å². The monoisotopic (exact) mass is 1190 g/mol. The number of nitrogens with one attached hydrogen (secondary N) is 1. The minimum Gasteiger partial charge on any atom is -0.394 e. The van der Waals surface area contributed by atoms with Gasteiger partial charge < -0.3 is 40.3 Å². The van der Waals surface area contributed by atoms with Gasteiger partial charge in [-0.05, 0) is 32.1 Å². The number of unbranched alkanes of at least 4 members (excludes halogenated alkanes) is 55. The average Bonchev–Trinajstić information content (AvgIpc) is 3.70. The van der Waals surface area contributed by atoms with Crippen LogP contribution >= 0.6 is 0 Å². The molecule has 7 unspecified atom stereocenters. The Hall–Kier alpha value is -1.33. The predicted octanol–water partition coefficient (Wildman–Crippen LogP) is 20.8. The van der Waals surface area contributed by atoms with Gasteiger partial charge in [-0.25, -0.2) is 0 Å². The lowest BCUT2D eigenvalue weighted by atomic mass is 9.99. The van der Waals surface area contributed by atoms with Crippen molar-refractivity contribution >= 4 is 5.91 Å². The molecule has 1 aliphatic rings. The molecule has 1 amide bonds. The van der Waals surface area contributed by atoms with Crippen molar-refractivity contribution in [2.75, 3.05) is 13.2 Å². The highest BCUT2D eigenvalue weighted by atomic mass is 16.7. The van der Waals surface area contributed by atoms with Crippen molar-refractivity contribution in [1.29, 1.82) is 0 Å². The Labute approximate surface area is 521 Å². The van der Waals surface area contributed by atoms with Gasteiger partial charge >= 0.3 is 0 Å². The summed E-state index contributed by atoms with van der Waals surface area (Å²) in [5.74, 6) is -0.177. The van der Waals surface area contributed by atoms with E-state index in [1.807, 2.05) is 6.08 Å². The Bertz CT molecular complexity index is 1380. The first-order valence-electron chi connectivity index (χ1n) is 37.6. The molecular formula is C75H145NO8. The maximum absolute atomic E-state index is 13.1. The summed E-state index contributed by atoms with van der Waals surface area (Å²) in [6.45, 7) is 3.83. The zero-order valence-electron chi connectivity index (χ0n) is 55.9. The summed E-state index contributed by atoms with van der Waals surface area (Å²) in [5.41, 5.74) is 0. The zero-order chi connectivity index (χ0) is 60.7. The third kappa shape index (κ3) is 52.6. The van der Waals surface area contributed by atoms with Gasteiger partial charge in [-0.15, -0.1) is 0 Å². The lowest BCUT2D eigenvalue weighted by Crippen LogP contribution is -2.60. The van der Waals surface area contributed by atoms with Gasteiger partial charge in [0.05, 0.1) is 25.4 Å². The molecule has 1 rings (SSSR count). The van der Waals surface area contributed by atoms with E-state index in [1.165, 1.54) is 334 Å². The molecule has 0 spiro atoms. The van der Waals surface area contributed by atoms with Gasteiger partial charge in [-0.2, -0.15) is 0 Å². The summed E-state index contributed by atoms with van der Waals surface area (Å²) < 4.78 is 11.3. The van der Waals surface area contributed by atoms with Crippen molar-refractivity contribution in [2.24, 2.45) is 0 Å². The predicted molar refractivity (Wildman–Crippen MR) is 360 cm³/mol. The molecule has 84 heavy (non-hydrogen) atoms. The van der Waals surface area contributed by atoms with Crippen LogP contribution in [-0.2, 0) is 14.3 Å². The van der Waals surface area contributed by atoms with E-state index in [-0.39, 0.29) is 12.5 Å². The Kier molecular flexibility index (Phi) is 62.1. The summed E-state index contributed by atoms with van der Waals surface area (Å²) in [6.07, 6.45) is 78.9. The van der Waals surface area contributed by atoms with Crippen LogP contribution in [0.1, 0.15) is 393 Å². The number of carbonyl (C=O) groups excluding carboxylic acids is 1. The van der Waals surface area contributed by atoms with Gasteiger partial charge in [-0.3, -0.25) is 4.79 Å². The molecule has 0 aliphatic carbocycles. The molecule has 9 nitrogen and oxygen atoms in total. The minimum atomic E-state index is -1.57. The Morgan fingerprint density at radius 3 is 1.00 bits per heavy atom. The molecule has 0 saturated carbocycles. The summed E-state index contributed by atoms with van der Waals surface area (Å²) in [6, 6.07) is -0.821.